The molecular formula is C14H27NO. The fraction of sp³-hybridized carbons (Fsp3) is 0.929. The molecule has 0 aromatic rings. The number of hydrogen-bond donors (Lipinski definition) is 1. The lowest BCUT2D eigenvalue weighted by Crippen LogP contribution is -2.20. The van der Waals surface area contributed by atoms with E-state index < -0.39 is 5.60 Å². The number of rotatable bonds is 10. The quantitative estimate of drug-likeness (QED) is 0.447. The predicted molar refractivity (Wildman–Crippen MR) is 68.1 cm³/mol. The monoisotopic (exact) mass is 225 g/mol. The second kappa shape index (κ2) is 9.66. The predicted octanol–water partition coefficient (Wildman–Crippen LogP) is 4.18. The van der Waals surface area contributed by atoms with Gasteiger partial charge in [-0.3, -0.25) is 0 Å². The van der Waals surface area contributed by atoms with Gasteiger partial charge in [0.15, 0.2) is 0 Å². The fourth-order valence-corrected chi connectivity index (χ4v) is 1.84. The largest absolute Gasteiger partial charge is 0.376 e. The highest BCUT2D eigenvalue weighted by Crippen LogP contribution is 2.15. The van der Waals surface area contributed by atoms with Crippen LogP contribution in [0.5, 0.6) is 0 Å². The summed E-state index contributed by atoms with van der Waals surface area (Å²) >= 11 is 0. The molecule has 2 heteroatoms. The molecule has 0 saturated heterocycles. The Bertz CT molecular complexity index is 193. The first-order valence-corrected chi connectivity index (χ1v) is 6.76. The average Bonchev–Trinajstić information content (AvgIpc) is 2.27. The molecule has 1 atom stereocenters. The van der Waals surface area contributed by atoms with E-state index in [1.54, 1.807) is 6.92 Å². The Kier molecular flexibility index (Phi) is 9.33. The molecule has 0 rings (SSSR count). The van der Waals surface area contributed by atoms with Crippen molar-refractivity contribution >= 4 is 0 Å². The number of hydrogen-bond acceptors (Lipinski definition) is 2. The lowest BCUT2D eigenvalue weighted by molar-refractivity contribution is 0.106. The van der Waals surface area contributed by atoms with E-state index >= 15 is 0 Å². The molecule has 0 aromatic heterocycles. The standard InChI is InChI=1S/C14H27NO/c1-3-4-5-6-7-8-9-10-11-12-14(2,16)13-15/h16H,3-12H2,1-2H3/t14-/m1/s1. The topological polar surface area (TPSA) is 44.0 Å². The molecule has 0 saturated carbocycles. The highest BCUT2D eigenvalue weighted by atomic mass is 16.3. The third-order valence-electron chi connectivity index (χ3n) is 3.01. The van der Waals surface area contributed by atoms with Gasteiger partial charge < -0.3 is 5.11 Å². The molecule has 0 aliphatic carbocycles. The molecule has 16 heavy (non-hydrogen) atoms. The summed E-state index contributed by atoms with van der Waals surface area (Å²) in [7, 11) is 0. The summed E-state index contributed by atoms with van der Waals surface area (Å²) in [5.41, 5.74) is -1.11. The van der Waals surface area contributed by atoms with Gasteiger partial charge >= 0.3 is 0 Å². The van der Waals surface area contributed by atoms with E-state index in [-0.39, 0.29) is 0 Å². The van der Waals surface area contributed by atoms with Crippen LogP contribution in [0.1, 0.15) is 78.1 Å². The molecule has 0 aliphatic rings. The van der Waals surface area contributed by atoms with Gasteiger partial charge in [0.25, 0.3) is 0 Å². The van der Waals surface area contributed by atoms with E-state index in [0.717, 1.165) is 12.8 Å². The lowest BCUT2D eigenvalue weighted by atomic mass is 9.99. The minimum absolute atomic E-state index is 0.610. The smallest absolute Gasteiger partial charge is 0.148 e. The molecule has 0 aromatic carbocycles. The Morgan fingerprint density at radius 2 is 1.38 bits per heavy atom. The number of aliphatic hydroxyl groups is 1. The molecule has 0 amide bonds. The van der Waals surface area contributed by atoms with Crippen molar-refractivity contribution in [1.82, 2.24) is 0 Å². The zero-order valence-electron chi connectivity index (χ0n) is 11.0. The normalized spacial score (nSPS) is 14.4. The second-order valence-electron chi connectivity index (χ2n) is 4.96. The van der Waals surface area contributed by atoms with Gasteiger partial charge in [0.05, 0.1) is 6.07 Å². The van der Waals surface area contributed by atoms with Gasteiger partial charge in [0.2, 0.25) is 0 Å². The summed E-state index contributed by atoms with van der Waals surface area (Å²) in [6.07, 6.45) is 12.0. The van der Waals surface area contributed by atoms with Crippen LogP contribution in [0.4, 0.5) is 0 Å². The highest BCUT2D eigenvalue weighted by molar-refractivity contribution is 4.95. The van der Waals surface area contributed by atoms with E-state index in [4.69, 9.17) is 5.26 Å². The highest BCUT2D eigenvalue weighted by Gasteiger charge is 2.17. The first-order valence-electron chi connectivity index (χ1n) is 6.76. The summed E-state index contributed by atoms with van der Waals surface area (Å²) in [6, 6.07) is 1.92. The van der Waals surface area contributed by atoms with Gasteiger partial charge in [0, 0.05) is 0 Å². The first-order chi connectivity index (χ1) is 7.62. The van der Waals surface area contributed by atoms with Crippen molar-refractivity contribution in [2.45, 2.75) is 83.7 Å². The molecule has 0 heterocycles. The van der Waals surface area contributed by atoms with Crippen molar-refractivity contribution in [2.24, 2.45) is 0 Å². The van der Waals surface area contributed by atoms with Crippen molar-refractivity contribution in [1.29, 1.82) is 5.26 Å². The SMILES string of the molecule is CCCCCCCCCCC[C@@](C)(O)C#N. The average molecular weight is 225 g/mol. The second-order valence-corrected chi connectivity index (χ2v) is 4.96. The maximum absolute atomic E-state index is 9.46. The molecule has 0 unspecified atom stereocenters. The van der Waals surface area contributed by atoms with Crippen LogP contribution < -0.4 is 0 Å². The molecule has 2 nitrogen and oxygen atoms in total. The number of unbranched alkanes of at least 4 members (excludes halogenated alkanes) is 8. The summed E-state index contributed by atoms with van der Waals surface area (Å²) in [4.78, 5) is 0. The molecule has 0 aliphatic heterocycles. The minimum Gasteiger partial charge on any atom is -0.376 e. The van der Waals surface area contributed by atoms with Gasteiger partial charge in [-0.15, -0.1) is 0 Å². The zero-order valence-corrected chi connectivity index (χ0v) is 11.0. The van der Waals surface area contributed by atoms with Crippen LogP contribution in [0, 0.1) is 11.3 Å². The Hall–Kier alpha value is -0.550. The number of nitrogens with zero attached hydrogens (tertiary/aromatic N) is 1. The van der Waals surface area contributed by atoms with E-state index in [9.17, 15) is 5.11 Å². The first kappa shape index (κ1) is 15.4. The molecule has 1 N–H and O–H groups in total. The molecule has 0 bridgehead atoms. The van der Waals surface area contributed by atoms with E-state index in [1.165, 1.54) is 44.9 Å². The third-order valence-corrected chi connectivity index (χ3v) is 3.01. The van der Waals surface area contributed by atoms with Crippen LogP contribution in [0.25, 0.3) is 0 Å². The molecule has 0 fully saturated rings. The van der Waals surface area contributed by atoms with Crippen LogP contribution in [0.15, 0.2) is 0 Å². The minimum atomic E-state index is -1.11. The van der Waals surface area contributed by atoms with Crippen molar-refractivity contribution in [3.05, 3.63) is 0 Å². The summed E-state index contributed by atoms with van der Waals surface area (Å²) in [5, 5.41) is 18.1. The molecular weight excluding hydrogens is 198 g/mol. The Morgan fingerprint density at radius 3 is 1.81 bits per heavy atom. The molecule has 94 valence electrons. The van der Waals surface area contributed by atoms with E-state index in [0.29, 0.717) is 6.42 Å². The van der Waals surface area contributed by atoms with Crippen molar-refractivity contribution in [3.63, 3.8) is 0 Å². The van der Waals surface area contributed by atoms with E-state index in [1.807, 2.05) is 6.07 Å². The van der Waals surface area contributed by atoms with E-state index in [2.05, 4.69) is 6.92 Å². The van der Waals surface area contributed by atoms with Crippen molar-refractivity contribution in [2.75, 3.05) is 0 Å². The number of nitriles is 1. The Balaban J connectivity index is 3.14. The van der Waals surface area contributed by atoms with Crippen LogP contribution in [-0.2, 0) is 0 Å². The molecule has 0 spiro atoms. The third kappa shape index (κ3) is 9.98. The van der Waals surface area contributed by atoms with Gasteiger partial charge in [-0.05, 0) is 19.8 Å². The fourth-order valence-electron chi connectivity index (χ4n) is 1.84. The maximum Gasteiger partial charge on any atom is 0.148 e. The van der Waals surface area contributed by atoms with Gasteiger partial charge in [-0.2, -0.15) is 5.26 Å². The Morgan fingerprint density at radius 1 is 0.938 bits per heavy atom. The van der Waals surface area contributed by atoms with Gasteiger partial charge in [0.1, 0.15) is 5.60 Å². The lowest BCUT2D eigenvalue weighted by Gasteiger charge is -2.12. The van der Waals surface area contributed by atoms with Crippen LogP contribution in [-0.4, -0.2) is 10.7 Å². The Labute approximate surface area is 101 Å². The van der Waals surface area contributed by atoms with Gasteiger partial charge in [-0.25, -0.2) is 0 Å². The summed E-state index contributed by atoms with van der Waals surface area (Å²) in [6.45, 7) is 3.83. The van der Waals surface area contributed by atoms with Crippen LogP contribution in [0.2, 0.25) is 0 Å². The zero-order chi connectivity index (χ0) is 12.3. The summed E-state index contributed by atoms with van der Waals surface area (Å²) < 4.78 is 0. The van der Waals surface area contributed by atoms with Crippen LogP contribution >= 0.6 is 0 Å². The maximum atomic E-state index is 9.46. The molecule has 0 radical (unpaired) electrons. The van der Waals surface area contributed by atoms with Crippen molar-refractivity contribution < 1.29 is 5.11 Å². The van der Waals surface area contributed by atoms with Crippen molar-refractivity contribution in [3.8, 4) is 6.07 Å². The van der Waals surface area contributed by atoms with Crippen LogP contribution in [0.3, 0.4) is 0 Å². The van der Waals surface area contributed by atoms with Gasteiger partial charge in [-0.1, -0.05) is 58.3 Å². The summed E-state index contributed by atoms with van der Waals surface area (Å²) in [5.74, 6) is 0.